The summed E-state index contributed by atoms with van der Waals surface area (Å²) in [5.74, 6) is -0.0367. The first-order valence-corrected chi connectivity index (χ1v) is 9.91. The highest BCUT2D eigenvalue weighted by atomic mass is 16.6. The lowest BCUT2D eigenvalue weighted by molar-refractivity contribution is -0.116. The van der Waals surface area contributed by atoms with Gasteiger partial charge in [0.25, 0.3) is 0 Å². The number of carbonyl (C=O) groups is 2. The molecule has 1 aromatic rings. The van der Waals surface area contributed by atoms with Crippen LogP contribution < -0.4 is 10.6 Å². The molecule has 0 radical (unpaired) electrons. The normalized spacial score (nSPS) is 17.1. The highest BCUT2D eigenvalue weighted by Gasteiger charge is 2.27. The fourth-order valence-corrected chi connectivity index (χ4v) is 3.11. The second kappa shape index (κ2) is 10.3. The molecule has 0 aromatic heterocycles. The van der Waals surface area contributed by atoms with Crippen LogP contribution in [0.2, 0.25) is 0 Å². The highest BCUT2D eigenvalue weighted by molar-refractivity contribution is 5.94. The van der Waals surface area contributed by atoms with Crippen molar-refractivity contribution in [3.63, 3.8) is 0 Å². The molecule has 0 spiro atoms. The molecule has 1 atom stereocenters. The number of nitrogens with zero attached hydrogens (tertiary/aromatic N) is 1. The van der Waals surface area contributed by atoms with E-state index in [2.05, 4.69) is 10.6 Å². The zero-order valence-corrected chi connectivity index (χ0v) is 17.4. The Labute approximate surface area is 167 Å². The van der Waals surface area contributed by atoms with Gasteiger partial charge >= 0.3 is 6.09 Å². The summed E-state index contributed by atoms with van der Waals surface area (Å²) in [7, 11) is 1.63. The molecular formula is C21H33N3O4. The first-order valence-electron chi connectivity index (χ1n) is 9.91. The third-order valence-electron chi connectivity index (χ3n) is 4.39. The Morgan fingerprint density at radius 1 is 1.21 bits per heavy atom. The zero-order chi connectivity index (χ0) is 20.6. The van der Waals surface area contributed by atoms with Gasteiger partial charge in [-0.25, -0.2) is 4.79 Å². The number of amides is 2. The van der Waals surface area contributed by atoms with Gasteiger partial charge in [-0.2, -0.15) is 0 Å². The number of benzene rings is 1. The van der Waals surface area contributed by atoms with Crippen molar-refractivity contribution in [3.8, 4) is 0 Å². The van der Waals surface area contributed by atoms with Crippen LogP contribution in [0.25, 0.3) is 0 Å². The van der Waals surface area contributed by atoms with Crippen LogP contribution in [0.5, 0.6) is 0 Å². The lowest BCUT2D eigenvalue weighted by atomic mass is 10.1. The molecule has 1 unspecified atom stereocenters. The average Bonchev–Trinajstić information content (AvgIpc) is 2.62. The van der Waals surface area contributed by atoms with Gasteiger partial charge in [0.2, 0.25) is 5.91 Å². The van der Waals surface area contributed by atoms with E-state index in [1.807, 2.05) is 45.0 Å². The molecule has 1 fully saturated rings. The van der Waals surface area contributed by atoms with Gasteiger partial charge < -0.3 is 25.0 Å². The molecule has 156 valence electrons. The van der Waals surface area contributed by atoms with Gasteiger partial charge in [0.1, 0.15) is 5.60 Å². The van der Waals surface area contributed by atoms with Crippen molar-refractivity contribution >= 4 is 23.4 Å². The molecular weight excluding hydrogens is 358 g/mol. The van der Waals surface area contributed by atoms with Crippen LogP contribution in [0.3, 0.4) is 0 Å². The minimum absolute atomic E-state index is 0.0367. The zero-order valence-electron chi connectivity index (χ0n) is 17.4. The maximum absolute atomic E-state index is 12.4. The number of nitrogens with one attached hydrogen (secondary N) is 2. The van der Waals surface area contributed by atoms with E-state index in [1.54, 1.807) is 12.0 Å². The van der Waals surface area contributed by atoms with Gasteiger partial charge in [0, 0.05) is 39.3 Å². The van der Waals surface area contributed by atoms with Gasteiger partial charge in [-0.3, -0.25) is 4.79 Å². The Morgan fingerprint density at radius 2 is 1.93 bits per heavy atom. The predicted octanol–water partition coefficient (Wildman–Crippen LogP) is 3.86. The molecule has 1 aliphatic heterocycles. The second-order valence-corrected chi connectivity index (χ2v) is 8.10. The number of likely N-dealkylation sites (tertiary alicyclic amines) is 1. The van der Waals surface area contributed by atoms with E-state index in [0.29, 0.717) is 32.5 Å². The van der Waals surface area contributed by atoms with Crippen molar-refractivity contribution in [2.24, 2.45) is 0 Å². The van der Waals surface area contributed by atoms with Crippen molar-refractivity contribution < 1.29 is 19.1 Å². The monoisotopic (exact) mass is 391 g/mol. The van der Waals surface area contributed by atoms with E-state index in [9.17, 15) is 9.59 Å². The van der Waals surface area contributed by atoms with Gasteiger partial charge in [-0.1, -0.05) is 12.1 Å². The number of rotatable bonds is 7. The summed E-state index contributed by atoms with van der Waals surface area (Å²) in [6.07, 6.45) is 2.68. The highest BCUT2D eigenvalue weighted by Crippen LogP contribution is 2.25. The summed E-state index contributed by atoms with van der Waals surface area (Å²) in [5.41, 5.74) is 1.11. The number of anilines is 2. The molecule has 0 saturated carbocycles. The Kier molecular flexibility index (Phi) is 8.11. The molecule has 28 heavy (non-hydrogen) atoms. The molecule has 0 bridgehead atoms. The number of hydrogen-bond donors (Lipinski definition) is 2. The molecule has 1 aliphatic rings. The van der Waals surface area contributed by atoms with Gasteiger partial charge in [-0.05, 0) is 52.2 Å². The number of carbonyl (C=O) groups excluding carboxylic acids is 2. The number of hydrogen-bond acceptors (Lipinski definition) is 5. The van der Waals surface area contributed by atoms with E-state index >= 15 is 0 Å². The van der Waals surface area contributed by atoms with Crippen molar-refractivity contribution in [2.45, 2.75) is 58.1 Å². The quantitative estimate of drug-likeness (QED) is 0.690. The van der Waals surface area contributed by atoms with Crippen LogP contribution in [-0.4, -0.2) is 55.3 Å². The van der Waals surface area contributed by atoms with Crippen LogP contribution in [0.15, 0.2) is 24.3 Å². The van der Waals surface area contributed by atoms with E-state index in [1.165, 1.54) is 0 Å². The van der Waals surface area contributed by atoms with Crippen molar-refractivity contribution in [2.75, 3.05) is 37.4 Å². The van der Waals surface area contributed by atoms with Crippen molar-refractivity contribution in [1.29, 1.82) is 0 Å². The van der Waals surface area contributed by atoms with Crippen molar-refractivity contribution in [3.05, 3.63) is 24.3 Å². The van der Waals surface area contributed by atoms with Crippen LogP contribution in [0, 0.1) is 0 Å². The summed E-state index contributed by atoms with van der Waals surface area (Å²) in [6.45, 7) is 7.45. The smallest absolute Gasteiger partial charge is 0.410 e. The molecule has 7 nitrogen and oxygen atoms in total. The summed E-state index contributed by atoms with van der Waals surface area (Å²) in [4.78, 5) is 26.2. The van der Waals surface area contributed by atoms with E-state index < -0.39 is 5.60 Å². The average molecular weight is 392 g/mol. The van der Waals surface area contributed by atoms with E-state index in [4.69, 9.17) is 9.47 Å². The Morgan fingerprint density at radius 3 is 2.61 bits per heavy atom. The first kappa shape index (κ1) is 22.0. The minimum atomic E-state index is -0.503. The van der Waals surface area contributed by atoms with Crippen LogP contribution in [-0.2, 0) is 14.3 Å². The lowest BCUT2D eigenvalue weighted by Gasteiger charge is -2.35. The number of methoxy groups -OCH3 is 1. The Balaban J connectivity index is 1.95. The SMILES string of the molecule is COCCCC(=O)Nc1ccccc1NC1CCCN(C(=O)OC(C)(C)C)C1. The molecule has 7 heteroatoms. The largest absolute Gasteiger partial charge is 0.444 e. The first-order chi connectivity index (χ1) is 13.3. The molecule has 1 heterocycles. The molecule has 2 N–H and O–H groups in total. The number of piperidine rings is 1. The Bertz CT molecular complexity index is 657. The predicted molar refractivity (Wildman–Crippen MR) is 111 cm³/mol. The molecule has 1 saturated heterocycles. The standard InChI is InChI=1S/C21H33N3O4/c1-21(2,3)28-20(26)24-13-7-9-16(15-24)22-17-10-5-6-11-18(17)23-19(25)12-8-14-27-4/h5-6,10-11,16,22H,7-9,12-15H2,1-4H3,(H,23,25). The summed E-state index contributed by atoms with van der Waals surface area (Å²) in [6, 6.07) is 7.75. The molecule has 2 rings (SSSR count). The molecule has 0 aliphatic carbocycles. The van der Waals surface area contributed by atoms with Crippen molar-refractivity contribution in [1.82, 2.24) is 4.90 Å². The topological polar surface area (TPSA) is 79.9 Å². The third kappa shape index (κ3) is 7.38. The summed E-state index contributed by atoms with van der Waals surface area (Å²) in [5, 5.41) is 6.44. The maximum atomic E-state index is 12.4. The summed E-state index contributed by atoms with van der Waals surface area (Å²) < 4.78 is 10.5. The third-order valence-corrected chi connectivity index (χ3v) is 4.39. The van der Waals surface area contributed by atoms with Gasteiger partial charge in [0.15, 0.2) is 0 Å². The molecule has 2 amide bonds. The fourth-order valence-electron chi connectivity index (χ4n) is 3.11. The number of ether oxygens (including phenoxy) is 2. The van der Waals surface area contributed by atoms with Crippen LogP contribution in [0.1, 0.15) is 46.5 Å². The maximum Gasteiger partial charge on any atom is 0.410 e. The number of para-hydroxylation sites is 2. The van der Waals surface area contributed by atoms with Gasteiger partial charge in [-0.15, -0.1) is 0 Å². The fraction of sp³-hybridized carbons (Fsp3) is 0.619. The Hall–Kier alpha value is -2.28. The van der Waals surface area contributed by atoms with Gasteiger partial charge in [0.05, 0.1) is 11.4 Å². The van der Waals surface area contributed by atoms with Crippen LogP contribution in [0.4, 0.5) is 16.2 Å². The van der Waals surface area contributed by atoms with E-state index in [-0.39, 0.29) is 18.0 Å². The van der Waals surface area contributed by atoms with Crippen LogP contribution >= 0.6 is 0 Å². The van der Waals surface area contributed by atoms with E-state index in [0.717, 1.165) is 24.2 Å². The lowest BCUT2D eigenvalue weighted by Crippen LogP contribution is -2.47. The summed E-state index contributed by atoms with van der Waals surface area (Å²) >= 11 is 0. The molecule has 1 aromatic carbocycles. The minimum Gasteiger partial charge on any atom is -0.444 e. The second-order valence-electron chi connectivity index (χ2n) is 8.10.